The lowest BCUT2D eigenvalue weighted by molar-refractivity contribution is -0.134. The molecule has 3 rings (SSSR count). The number of aliphatic carboxylic acids is 1. The normalized spacial score (nSPS) is 10.8. The van der Waals surface area contributed by atoms with E-state index in [1.165, 1.54) is 40.7 Å². The van der Waals surface area contributed by atoms with E-state index in [-0.39, 0.29) is 5.92 Å². The molecule has 0 spiro atoms. The Morgan fingerprint density at radius 1 is 0.941 bits per heavy atom. The molecule has 3 aromatic carbocycles. The largest absolute Gasteiger partial charge is 0.496 e. The van der Waals surface area contributed by atoms with Crippen LogP contribution in [0.5, 0.6) is 5.75 Å². The Hall–Kier alpha value is -2.78. The SMILES string of the molecule is CC(=O)O.CCCC.CCc1ccccc1-c1ccc(Cl)cc1C(C)c1cccc(C)c1OC. The molecule has 0 saturated carbocycles. The minimum Gasteiger partial charge on any atom is -0.496 e. The predicted molar refractivity (Wildman–Crippen MR) is 145 cm³/mol. The number of benzene rings is 3. The van der Waals surface area contributed by atoms with Gasteiger partial charge in [-0.3, -0.25) is 4.79 Å². The summed E-state index contributed by atoms with van der Waals surface area (Å²) < 4.78 is 5.71. The van der Waals surface area contributed by atoms with E-state index in [4.69, 9.17) is 26.2 Å². The molecule has 0 saturated heterocycles. The van der Waals surface area contributed by atoms with Crippen molar-refractivity contribution in [1.29, 1.82) is 0 Å². The summed E-state index contributed by atoms with van der Waals surface area (Å²) in [4.78, 5) is 9.00. The van der Waals surface area contributed by atoms with Crippen molar-refractivity contribution in [3.05, 3.63) is 87.9 Å². The van der Waals surface area contributed by atoms with E-state index in [1.54, 1.807) is 7.11 Å². The van der Waals surface area contributed by atoms with Gasteiger partial charge >= 0.3 is 0 Å². The number of unbranched alkanes of at least 4 members (excludes halogenated alkanes) is 1. The van der Waals surface area contributed by atoms with Gasteiger partial charge in [0.05, 0.1) is 7.11 Å². The van der Waals surface area contributed by atoms with Crippen LogP contribution in [0.25, 0.3) is 11.1 Å². The maximum atomic E-state index is 9.00. The number of hydrogen-bond donors (Lipinski definition) is 1. The molecule has 0 fully saturated rings. The van der Waals surface area contributed by atoms with Gasteiger partial charge in [0.25, 0.3) is 5.97 Å². The highest BCUT2D eigenvalue weighted by molar-refractivity contribution is 6.30. The van der Waals surface area contributed by atoms with E-state index < -0.39 is 5.97 Å². The van der Waals surface area contributed by atoms with E-state index in [0.717, 1.165) is 29.7 Å². The third-order valence-corrected chi connectivity index (χ3v) is 5.82. The number of ether oxygens (including phenoxy) is 1. The molecule has 1 atom stereocenters. The molecule has 0 amide bonds. The van der Waals surface area contributed by atoms with Crippen molar-refractivity contribution in [2.45, 2.75) is 66.7 Å². The van der Waals surface area contributed by atoms with Crippen LogP contribution in [-0.4, -0.2) is 18.2 Å². The minimum absolute atomic E-state index is 0.170. The first-order valence-electron chi connectivity index (χ1n) is 11.9. The molecule has 184 valence electrons. The molecule has 0 radical (unpaired) electrons. The van der Waals surface area contributed by atoms with Crippen LogP contribution < -0.4 is 4.74 Å². The van der Waals surface area contributed by atoms with Gasteiger partial charge in [-0.1, -0.05) is 101 Å². The van der Waals surface area contributed by atoms with E-state index >= 15 is 0 Å². The Balaban J connectivity index is 0.000000629. The lowest BCUT2D eigenvalue weighted by atomic mass is 9.84. The molecule has 0 aliphatic heterocycles. The molecular formula is C30H39ClO3. The zero-order valence-corrected chi connectivity index (χ0v) is 22.4. The van der Waals surface area contributed by atoms with Gasteiger partial charge in [-0.25, -0.2) is 0 Å². The zero-order chi connectivity index (χ0) is 25.7. The van der Waals surface area contributed by atoms with E-state index in [0.29, 0.717) is 0 Å². The number of carbonyl (C=O) groups is 1. The van der Waals surface area contributed by atoms with Gasteiger partial charge in [0.2, 0.25) is 0 Å². The first kappa shape index (κ1) is 29.3. The predicted octanol–water partition coefficient (Wildman–Crippen LogP) is 8.94. The van der Waals surface area contributed by atoms with Crippen molar-refractivity contribution in [2.75, 3.05) is 7.11 Å². The molecule has 0 aliphatic carbocycles. The highest BCUT2D eigenvalue weighted by Gasteiger charge is 2.20. The zero-order valence-electron chi connectivity index (χ0n) is 21.6. The topological polar surface area (TPSA) is 46.5 Å². The highest BCUT2D eigenvalue weighted by atomic mass is 35.5. The standard InChI is InChI=1S/C24H25ClO.C4H10.C2H4O2/c1-5-18-10-6-7-11-21(18)22-14-13-19(25)15-23(22)17(3)20-12-8-9-16(2)24(20)26-4;1-3-4-2;1-2(3)4/h6-15,17H,5H2,1-4H3;3-4H2,1-2H3;1H3,(H,3,4). The van der Waals surface area contributed by atoms with Crippen molar-refractivity contribution in [3.63, 3.8) is 0 Å². The Kier molecular flexibility index (Phi) is 13.1. The summed E-state index contributed by atoms with van der Waals surface area (Å²) in [6.45, 7) is 11.9. The van der Waals surface area contributed by atoms with E-state index in [2.05, 4.69) is 89.2 Å². The molecule has 0 heterocycles. The summed E-state index contributed by atoms with van der Waals surface area (Å²) in [6, 6.07) is 21.1. The third-order valence-electron chi connectivity index (χ3n) is 5.58. The monoisotopic (exact) mass is 482 g/mol. The number of hydrogen-bond acceptors (Lipinski definition) is 2. The second-order valence-corrected chi connectivity index (χ2v) is 8.62. The maximum Gasteiger partial charge on any atom is 0.300 e. The van der Waals surface area contributed by atoms with E-state index in [9.17, 15) is 0 Å². The van der Waals surface area contributed by atoms with Crippen LogP contribution in [0.4, 0.5) is 0 Å². The Labute approximate surface area is 210 Å². The van der Waals surface area contributed by atoms with Crippen LogP contribution in [0.2, 0.25) is 5.02 Å². The number of carboxylic acids is 1. The molecule has 3 aromatic rings. The number of para-hydroxylation sites is 1. The lowest BCUT2D eigenvalue weighted by Gasteiger charge is -2.22. The fraction of sp³-hybridized carbons (Fsp3) is 0.367. The molecule has 0 bridgehead atoms. The smallest absolute Gasteiger partial charge is 0.300 e. The molecule has 3 nitrogen and oxygen atoms in total. The molecular weight excluding hydrogens is 444 g/mol. The molecule has 4 heteroatoms. The van der Waals surface area contributed by atoms with Gasteiger partial charge in [0, 0.05) is 23.4 Å². The van der Waals surface area contributed by atoms with Crippen molar-refractivity contribution in [1.82, 2.24) is 0 Å². The van der Waals surface area contributed by atoms with E-state index in [1.807, 2.05) is 6.07 Å². The van der Waals surface area contributed by atoms with Gasteiger partial charge in [-0.05, 0) is 53.3 Å². The molecule has 0 aliphatic rings. The van der Waals surface area contributed by atoms with Crippen LogP contribution in [0.3, 0.4) is 0 Å². The molecule has 0 aromatic heterocycles. The molecule has 1 unspecified atom stereocenters. The second-order valence-electron chi connectivity index (χ2n) is 8.18. The summed E-state index contributed by atoms with van der Waals surface area (Å²) in [5.41, 5.74) is 7.42. The van der Waals surface area contributed by atoms with Crippen molar-refractivity contribution >= 4 is 17.6 Å². The van der Waals surface area contributed by atoms with Crippen molar-refractivity contribution in [3.8, 4) is 16.9 Å². The fourth-order valence-corrected chi connectivity index (χ4v) is 3.87. The number of rotatable bonds is 6. The Bertz CT molecular complexity index is 1040. The highest BCUT2D eigenvalue weighted by Crippen LogP contribution is 2.40. The Morgan fingerprint density at radius 3 is 2.12 bits per heavy atom. The number of methoxy groups -OCH3 is 1. The average molecular weight is 483 g/mol. The summed E-state index contributed by atoms with van der Waals surface area (Å²) in [5, 5.41) is 8.18. The van der Waals surface area contributed by atoms with Crippen LogP contribution in [0, 0.1) is 6.92 Å². The quantitative estimate of drug-likeness (QED) is 0.381. The summed E-state index contributed by atoms with van der Waals surface area (Å²) >= 11 is 6.38. The van der Waals surface area contributed by atoms with Crippen molar-refractivity contribution in [2.24, 2.45) is 0 Å². The first-order chi connectivity index (χ1) is 16.2. The van der Waals surface area contributed by atoms with Crippen LogP contribution in [0.1, 0.15) is 75.6 Å². The molecule has 1 N–H and O–H groups in total. The number of halogens is 1. The number of carboxylic acid groups (broad SMARTS) is 1. The van der Waals surface area contributed by atoms with Gasteiger partial charge < -0.3 is 9.84 Å². The number of aryl methyl sites for hydroxylation is 2. The molecule has 34 heavy (non-hydrogen) atoms. The minimum atomic E-state index is -0.833. The third kappa shape index (κ3) is 8.53. The summed E-state index contributed by atoms with van der Waals surface area (Å²) in [6.07, 6.45) is 3.64. The average Bonchev–Trinajstić information content (AvgIpc) is 2.83. The summed E-state index contributed by atoms with van der Waals surface area (Å²) in [5.74, 6) is 0.290. The van der Waals surface area contributed by atoms with Crippen molar-refractivity contribution < 1.29 is 14.6 Å². The van der Waals surface area contributed by atoms with Gasteiger partial charge in [0.15, 0.2) is 0 Å². The fourth-order valence-electron chi connectivity index (χ4n) is 3.69. The van der Waals surface area contributed by atoms with Crippen LogP contribution in [-0.2, 0) is 11.2 Å². The lowest BCUT2D eigenvalue weighted by Crippen LogP contribution is -2.03. The van der Waals surface area contributed by atoms with Crippen LogP contribution >= 0.6 is 11.6 Å². The maximum absolute atomic E-state index is 9.00. The second kappa shape index (κ2) is 15.2. The van der Waals surface area contributed by atoms with Gasteiger partial charge in [-0.2, -0.15) is 0 Å². The van der Waals surface area contributed by atoms with Crippen LogP contribution in [0.15, 0.2) is 60.7 Å². The van der Waals surface area contributed by atoms with Gasteiger partial charge in [-0.15, -0.1) is 0 Å². The van der Waals surface area contributed by atoms with Gasteiger partial charge in [0.1, 0.15) is 5.75 Å². The summed E-state index contributed by atoms with van der Waals surface area (Å²) in [7, 11) is 1.74. The first-order valence-corrected chi connectivity index (χ1v) is 12.3. The Morgan fingerprint density at radius 2 is 1.56 bits per heavy atom.